The van der Waals surface area contributed by atoms with Crippen LogP contribution in [0.1, 0.15) is 19.3 Å². The van der Waals surface area contributed by atoms with Crippen LogP contribution in [0.15, 0.2) is 0 Å². The molecule has 0 saturated heterocycles. The van der Waals surface area contributed by atoms with Gasteiger partial charge in [-0.1, -0.05) is 0 Å². The maximum Gasteiger partial charge on any atom is 0.391 e. The molecule has 0 spiro atoms. The molecule has 0 amide bonds. The van der Waals surface area contributed by atoms with Crippen molar-refractivity contribution >= 4 is 6.29 Å². The molecule has 0 aliphatic rings. The molecule has 2 nitrogen and oxygen atoms in total. The summed E-state index contributed by atoms with van der Waals surface area (Å²) in [5.74, 6) is -1.36. The molecule has 1 atom stereocenters. The average Bonchev–Trinajstić information content (AvgIpc) is 2.02. The summed E-state index contributed by atoms with van der Waals surface area (Å²) in [6, 6.07) is 0. The van der Waals surface area contributed by atoms with Crippen molar-refractivity contribution in [2.75, 3.05) is 13.6 Å². The third kappa shape index (κ3) is 5.63. The van der Waals surface area contributed by atoms with Gasteiger partial charge >= 0.3 is 6.18 Å². The summed E-state index contributed by atoms with van der Waals surface area (Å²) >= 11 is 0. The molecule has 0 bridgehead atoms. The lowest BCUT2D eigenvalue weighted by molar-refractivity contribution is -0.177. The van der Waals surface area contributed by atoms with Crippen LogP contribution in [0.4, 0.5) is 13.2 Å². The van der Waals surface area contributed by atoms with Crippen LogP contribution >= 0.6 is 0 Å². The van der Waals surface area contributed by atoms with E-state index in [9.17, 15) is 18.0 Å². The third-order valence-corrected chi connectivity index (χ3v) is 1.84. The van der Waals surface area contributed by atoms with Gasteiger partial charge in [0.1, 0.15) is 6.29 Å². The monoisotopic (exact) mass is 197 g/mol. The minimum absolute atomic E-state index is 0.0199. The Balaban J connectivity index is 3.95. The van der Waals surface area contributed by atoms with E-state index < -0.39 is 12.1 Å². The minimum atomic E-state index is -4.18. The summed E-state index contributed by atoms with van der Waals surface area (Å²) in [5.41, 5.74) is 0. The lowest BCUT2D eigenvalue weighted by atomic mass is 9.99. The zero-order valence-corrected chi connectivity index (χ0v) is 7.53. The van der Waals surface area contributed by atoms with Crippen LogP contribution in [-0.4, -0.2) is 26.1 Å². The zero-order valence-electron chi connectivity index (χ0n) is 7.53. The number of hydrogen-bond donors (Lipinski definition) is 1. The van der Waals surface area contributed by atoms with Gasteiger partial charge in [0.05, 0.1) is 5.92 Å². The Hall–Kier alpha value is -0.580. The Morgan fingerprint density at radius 1 is 1.38 bits per heavy atom. The number of alkyl halides is 3. The van der Waals surface area contributed by atoms with Crippen molar-refractivity contribution in [2.24, 2.45) is 5.92 Å². The van der Waals surface area contributed by atoms with Crippen molar-refractivity contribution < 1.29 is 18.0 Å². The first-order valence-electron chi connectivity index (χ1n) is 4.17. The van der Waals surface area contributed by atoms with Gasteiger partial charge in [-0.15, -0.1) is 0 Å². The number of aldehydes is 1. The lowest BCUT2D eigenvalue weighted by Crippen LogP contribution is -2.26. The molecule has 0 aromatic rings. The fourth-order valence-corrected chi connectivity index (χ4v) is 1.06. The van der Waals surface area contributed by atoms with Crippen LogP contribution < -0.4 is 5.32 Å². The Bertz CT molecular complexity index is 147. The van der Waals surface area contributed by atoms with Gasteiger partial charge in [-0.25, -0.2) is 0 Å². The molecule has 0 aromatic carbocycles. The number of halogens is 3. The van der Waals surface area contributed by atoms with E-state index in [1.54, 1.807) is 7.05 Å². The van der Waals surface area contributed by atoms with Crippen LogP contribution in [0.3, 0.4) is 0 Å². The van der Waals surface area contributed by atoms with Crippen LogP contribution in [0.2, 0.25) is 0 Å². The smallest absolute Gasteiger partial charge is 0.320 e. The van der Waals surface area contributed by atoms with Gasteiger partial charge in [0.15, 0.2) is 0 Å². The van der Waals surface area contributed by atoms with Gasteiger partial charge < -0.3 is 10.1 Å². The highest BCUT2D eigenvalue weighted by Gasteiger charge is 2.38. The first-order valence-corrected chi connectivity index (χ1v) is 4.17. The molecule has 78 valence electrons. The number of hydrogen-bond acceptors (Lipinski definition) is 2. The summed E-state index contributed by atoms with van der Waals surface area (Å²) < 4.78 is 36.7. The predicted molar refractivity (Wildman–Crippen MR) is 43.4 cm³/mol. The highest BCUT2D eigenvalue weighted by molar-refractivity contribution is 5.49. The van der Waals surface area contributed by atoms with Crippen LogP contribution in [0, 0.1) is 5.92 Å². The molecular weight excluding hydrogens is 183 g/mol. The fourth-order valence-electron chi connectivity index (χ4n) is 1.06. The first kappa shape index (κ1) is 12.4. The SMILES string of the molecule is CNCCC(CCC=O)C(F)(F)F. The zero-order chi connectivity index (χ0) is 10.3. The summed E-state index contributed by atoms with van der Waals surface area (Å²) in [7, 11) is 1.60. The van der Waals surface area contributed by atoms with E-state index in [0.717, 1.165) is 0 Å². The Labute approximate surface area is 75.5 Å². The molecule has 1 N–H and O–H groups in total. The lowest BCUT2D eigenvalue weighted by Gasteiger charge is -2.18. The molecule has 0 heterocycles. The van der Waals surface area contributed by atoms with Crippen molar-refractivity contribution in [2.45, 2.75) is 25.4 Å². The third-order valence-electron chi connectivity index (χ3n) is 1.84. The molecule has 0 radical (unpaired) electrons. The van der Waals surface area contributed by atoms with E-state index in [4.69, 9.17) is 0 Å². The van der Waals surface area contributed by atoms with Gasteiger partial charge in [0, 0.05) is 6.42 Å². The summed E-state index contributed by atoms with van der Waals surface area (Å²) in [6.07, 6.45) is -3.74. The van der Waals surface area contributed by atoms with Crippen LogP contribution in [0.25, 0.3) is 0 Å². The summed E-state index contributed by atoms with van der Waals surface area (Å²) in [6.45, 7) is 0.322. The number of carbonyl (C=O) groups excluding carboxylic acids is 1. The van der Waals surface area contributed by atoms with E-state index in [1.807, 2.05) is 0 Å². The summed E-state index contributed by atoms with van der Waals surface area (Å²) in [5, 5.41) is 2.66. The number of carbonyl (C=O) groups is 1. The van der Waals surface area contributed by atoms with Crippen molar-refractivity contribution in [1.29, 1.82) is 0 Å². The first-order chi connectivity index (χ1) is 6.02. The molecular formula is C8H14F3NO. The van der Waals surface area contributed by atoms with Gasteiger partial charge in [-0.2, -0.15) is 13.2 Å². The van der Waals surface area contributed by atoms with E-state index in [0.29, 0.717) is 12.8 Å². The summed E-state index contributed by atoms with van der Waals surface area (Å²) in [4.78, 5) is 9.93. The predicted octanol–water partition coefficient (Wildman–Crippen LogP) is 1.75. The molecule has 0 aliphatic heterocycles. The Morgan fingerprint density at radius 2 is 2.00 bits per heavy atom. The normalized spacial score (nSPS) is 14.2. The van der Waals surface area contributed by atoms with Crippen molar-refractivity contribution in [3.05, 3.63) is 0 Å². The van der Waals surface area contributed by atoms with E-state index in [1.165, 1.54) is 0 Å². The highest BCUT2D eigenvalue weighted by atomic mass is 19.4. The number of rotatable bonds is 6. The molecule has 0 aromatic heterocycles. The average molecular weight is 197 g/mol. The van der Waals surface area contributed by atoms with Gasteiger partial charge in [0.2, 0.25) is 0 Å². The maximum absolute atomic E-state index is 12.2. The van der Waals surface area contributed by atoms with E-state index in [2.05, 4.69) is 5.32 Å². The molecule has 0 aliphatic carbocycles. The molecule has 0 saturated carbocycles. The molecule has 13 heavy (non-hydrogen) atoms. The largest absolute Gasteiger partial charge is 0.391 e. The quantitative estimate of drug-likeness (QED) is 0.657. The Kier molecular flexibility index (Phi) is 5.70. The van der Waals surface area contributed by atoms with E-state index >= 15 is 0 Å². The van der Waals surface area contributed by atoms with Crippen molar-refractivity contribution in [3.8, 4) is 0 Å². The standard InChI is InChI=1S/C8H14F3NO/c1-12-5-4-7(3-2-6-13)8(9,10)11/h6-7,12H,2-5H2,1H3. The second kappa shape index (κ2) is 5.96. The highest BCUT2D eigenvalue weighted by Crippen LogP contribution is 2.31. The van der Waals surface area contributed by atoms with Gasteiger partial charge in [-0.05, 0) is 26.4 Å². The fraction of sp³-hybridized carbons (Fsp3) is 0.875. The second-order valence-electron chi connectivity index (χ2n) is 2.87. The van der Waals surface area contributed by atoms with Crippen LogP contribution in [0.5, 0.6) is 0 Å². The maximum atomic E-state index is 12.2. The van der Waals surface area contributed by atoms with Crippen molar-refractivity contribution in [1.82, 2.24) is 5.32 Å². The van der Waals surface area contributed by atoms with Crippen LogP contribution in [-0.2, 0) is 4.79 Å². The topological polar surface area (TPSA) is 29.1 Å². The molecule has 0 rings (SSSR count). The molecule has 1 unspecified atom stereocenters. The van der Waals surface area contributed by atoms with Crippen molar-refractivity contribution in [3.63, 3.8) is 0 Å². The molecule has 5 heteroatoms. The molecule has 0 fully saturated rings. The van der Waals surface area contributed by atoms with Gasteiger partial charge in [0.25, 0.3) is 0 Å². The van der Waals surface area contributed by atoms with E-state index in [-0.39, 0.29) is 19.3 Å². The minimum Gasteiger partial charge on any atom is -0.320 e. The second-order valence-corrected chi connectivity index (χ2v) is 2.87. The Morgan fingerprint density at radius 3 is 2.38 bits per heavy atom. The van der Waals surface area contributed by atoms with Gasteiger partial charge in [-0.3, -0.25) is 0 Å². The number of nitrogens with one attached hydrogen (secondary N) is 1.